The van der Waals surface area contributed by atoms with Crippen molar-refractivity contribution in [1.29, 1.82) is 0 Å². The lowest BCUT2D eigenvalue weighted by molar-refractivity contribution is 0.301. The van der Waals surface area contributed by atoms with E-state index in [9.17, 15) is 9.50 Å². The molecule has 4 heteroatoms. The van der Waals surface area contributed by atoms with Gasteiger partial charge in [0.05, 0.1) is 0 Å². The molecule has 0 aliphatic carbocycles. The zero-order valence-corrected chi connectivity index (χ0v) is 10.3. The van der Waals surface area contributed by atoms with Gasteiger partial charge in [0.15, 0.2) is 11.6 Å². The molecule has 0 amide bonds. The van der Waals surface area contributed by atoms with Crippen LogP contribution in [0.25, 0.3) is 0 Å². The summed E-state index contributed by atoms with van der Waals surface area (Å²) in [6, 6.07) is 3.09. The molecule has 2 atom stereocenters. The SMILES string of the molecule is Cc1ccc(F)c(O)c1C1CC(CN)CN1C. The molecule has 0 spiro atoms. The van der Waals surface area contributed by atoms with Crippen LogP contribution in [-0.4, -0.2) is 30.1 Å². The molecule has 94 valence electrons. The van der Waals surface area contributed by atoms with E-state index in [1.807, 2.05) is 14.0 Å². The number of rotatable bonds is 2. The molecule has 0 aromatic heterocycles. The Bertz CT molecular complexity index is 422. The molecular formula is C13H19FN2O. The van der Waals surface area contributed by atoms with Crippen LogP contribution in [0.3, 0.4) is 0 Å². The van der Waals surface area contributed by atoms with Gasteiger partial charge in [0.2, 0.25) is 0 Å². The van der Waals surface area contributed by atoms with Gasteiger partial charge in [0.1, 0.15) is 0 Å². The van der Waals surface area contributed by atoms with Crippen LogP contribution < -0.4 is 5.73 Å². The number of phenols is 1. The summed E-state index contributed by atoms with van der Waals surface area (Å²) in [6.45, 7) is 3.44. The maximum atomic E-state index is 13.4. The highest BCUT2D eigenvalue weighted by atomic mass is 19.1. The van der Waals surface area contributed by atoms with E-state index >= 15 is 0 Å². The first-order valence-electron chi connectivity index (χ1n) is 5.92. The molecule has 3 N–H and O–H groups in total. The minimum Gasteiger partial charge on any atom is -0.505 e. The molecule has 1 aromatic carbocycles. The van der Waals surface area contributed by atoms with Crippen molar-refractivity contribution in [2.24, 2.45) is 11.7 Å². The number of nitrogens with zero attached hydrogens (tertiary/aromatic N) is 1. The summed E-state index contributed by atoms with van der Waals surface area (Å²) in [7, 11) is 1.99. The van der Waals surface area contributed by atoms with Crippen LogP contribution in [0.2, 0.25) is 0 Å². The van der Waals surface area contributed by atoms with Gasteiger partial charge in [0, 0.05) is 18.2 Å². The van der Waals surface area contributed by atoms with Crippen LogP contribution in [0.1, 0.15) is 23.6 Å². The molecule has 17 heavy (non-hydrogen) atoms. The zero-order valence-electron chi connectivity index (χ0n) is 10.3. The monoisotopic (exact) mass is 238 g/mol. The molecule has 0 radical (unpaired) electrons. The lowest BCUT2D eigenvalue weighted by Gasteiger charge is -2.22. The van der Waals surface area contributed by atoms with Gasteiger partial charge in [-0.25, -0.2) is 4.39 Å². The highest BCUT2D eigenvalue weighted by Gasteiger charge is 2.32. The average Bonchev–Trinajstić information content (AvgIpc) is 2.66. The molecule has 2 rings (SSSR count). The van der Waals surface area contributed by atoms with Crippen LogP contribution in [0, 0.1) is 18.7 Å². The largest absolute Gasteiger partial charge is 0.505 e. The summed E-state index contributed by atoms with van der Waals surface area (Å²) in [5.41, 5.74) is 7.32. The van der Waals surface area contributed by atoms with Crippen LogP contribution in [-0.2, 0) is 0 Å². The number of nitrogens with two attached hydrogens (primary N) is 1. The third-order valence-electron chi connectivity index (χ3n) is 3.69. The first-order valence-corrected chi connectivity index (χ1v) is 5.92. The summed E-state index contributed by atoms with van der Waals surface area (Å²) in [4.78, 5) is 2.14. The second-order valence-corrected chi connectivity index (χ2v) is 4.92. The van der Waals surface area contributed by atoms with Gasteiger partial charge in [-0.05, 0) is 44.5 Å². The summed E-state index contributed by atoms with van der Waals surface area (Å²) in [5.74, 6) is -0.332. The van der Waals surface area contributed by atoms with E-state index in [-0.39, 0.29) is 11.8 Å². The standard InChI is InChI=1S/C13H19FN2O/c1-8-3-4-10(14)13(17)12(8)11-5-9(6-15)7-16(11)2/h3-4,9,11,17H,5-7,15H2,1-2H3. The van der Waals surface area contributed by atoms with Gasteiger partial charge in [-0.1, -0.05) is 6.07 Å². The molecule has 1 aliphatic heterocycles. The van der Waals surface area contributed by atoms with Crippen molar-refractivity contribution < 1.29 is 9.50 Å². The second kappa shape index (κ2) is 4.63. The Kier molecular flexibility index (Phi) is 3.35. The number of hydrogen-bond donors (Lipinski definition) is 2. The third-order valence-corrected chi connectivity index (χ3v) is 3.69. The van der Waals surface area contributed by atoms with E-state index in [0.29, 0.717) is 18.0 Å². The Morgan fingerprint density at radius 1 is 1.53 bits per heavy atom. The van der Waals surface area contributed by atoms with E-state index in [4.69, 9.17) is 5.73 Å². The summed E-state index contributed by atoms with van der Waals surface area (Å²) in [5, 5.41) is 9.88. The lowest BCUT2D eigenvalue weighted by Crippen LogP contribution is -2.21. The van der Waals surface area contributed by atoms with Gasteiger partial charge >= 0.3 is 0 Å². The van der Waals surface area contributed by atoms with Crippen molar-refractivity contribution in [2.45, 2.75) is 19.4 Å². The topological polar surface area (TPSA) is 49.5 Å². The molecule has 1 saturated heterocycles. The maximum Gasteiger partial charge on any atom is 0.165 e. The predicted molar refractivity (Wildman–Crippen MR) is 65.3 cm³/mol. The van der Waals surface area contributed by atoms with E-state index < -0.39 is 5.82 Å². The summed E-state index contributed by atoms with van der Waals surface area (Å²) < 4.78 is 13.4. The van der Waals surface area contributed by atoms with Gasteiger partial charge < -0.3 is 10.8 Å². The smallest absolute Gasteiger partial charge is 0.165 e. The van der Waals surface area contributed by atoms with E-state index in [2.05, 4.69) is 4.90 Å². The fourth-order valence-electron chi connectivity index (χ4n) is 2.72. The molecule has 1 fully saturated rings. The number of benzene rings is 1. The first-order chi connectivity index (χ1) is 8.04. The third kappa shape index (κ3) is 2.15. The normalized spacial score (nSPS) is 25.4. The molecular weight excluding hydrogens is 219 g/mol. The van der Waals surface area contributed by atoms with Gasteiger partial charge in [-0.2, -0.15) is 0 Å². The fraction of sp³-hybridized carbons (Fsp3) is 0.538. The molecule has 0 saturated carbocycles. The molecule has 1 aliphatic rings. The van der Waals surface area contributed by atoms with Crippen molar-refractivity contribution in [3.8, 4) is 5.75 Å². The van der Waals surface area contributed by atoms with Gasteiger partial charge in [-0.3, -0.25) is 4.90 Å². The molecule has 0 bridgehead atoms. The summed E-state index contributed by atoms with van der Waals surface area (Å²) >= 11 is 0. The van der Waals surface area contributed by atoms with Crippen molar-refractivity contribution in [1.82, 2.24) is 4.90 Å². The van der Waals surface area contributed by atoms with Crippen LogP contribution in [0.5, 0.6) is 5.75 Å². The van der Waals surface area contributed by atoms with Gasteiger partial charge in [-0.15, -0.1) is 0 Å². The number of hydrogen-bond acceptors (Lipinski definition) is 3. The lowest BCUT2D eigenvalue weighted by atomic mass is 9.95. The molecule has 1 aromatic rings. The highest BCUT2D eigenvalue weighted by Crippen LogP contribution is 2.40. The highest BCUT2D eigenvalue weighted by molar-refractivity contribution is 5.42. The minimum absolute atomic E-state index is 0.0687. The Morgan fingerprint density at radius 3 is 2.82 bits per heavy atom. The number of likely N-dealkylation sites (tertiary alicyclic amines) is 1. The van der Waals surface area contributed by atoms with E-state index in [0.717, 1.165) is 18.5 Å². The predicted octanol–water partition coefficient (Wildman–Crippen LogP) is 1.79. The van der Waals surface area contributed by atoms with Crippen molar-refractivity contribution in [2.75, 3.05) is 20.1 Å². The quantitative estimate of drug-likeness (QED) is 0.826. The van der Waals surface area contributed by atoms with Crippen molar-refractivity contribution in [3.05, 3.63) is 29.1 Å². The Balaban J connectivity index is 2.37. The maximum absolute atomic E-state index is 13.4. The van der Waals surface area contributed by atoms with Gasteiger partial charge in [0.25, 0.3) is 0 Å². The summed E-state index contributed by atoms with van der Waals surface area (Å²) in [6.07, 6.45) is 0.880. The number of aryl methyl sites for hydroxylation is 1. The Morgan fingerprint density at radius 2 is 2.24 bits per heavy atom. The Hall–Kier alpha value is -1.13. The van der Waals surface area contributed by atoms with Crippen LogP contribution >= 0.6 is 0 Å². The van der Waals surface area contributed by atoms with Crippen LogP contribution in [0.4, 0.5) is 4.39 Å². The van der Waals surface area contributed by atoms with E-state index in [1.54, 1.807) is 6.07 Å². The number of phenolic OH excluding ortho intramolecular Hbond substituents is 1. The minimum atomic E-state index is -0.546. The van der Waals surface area contributed by atoms with Crippen molar-refractivity contribution in [3.63, 3.8) is 0 Å². The Labute approximate surface area is 101 Å². The molecule has 3 nitrogen and oxygen atoms in total. The number of aromatic hydroxyl groups is 1. The van der Waals surface area contributed by atoms with E-state index in [1.165, 1.54) is 6.07 Å². The van der Waals surface area contributed by atoms with Crippen LogP contribution in [0.15, 0.2) is 12.1 Å². The van der Waals surface area contributed by atoms with Crippen molar-refractivity contribution >= 4 is 0 Å². The first kappa shape index (κ1) is 12.3. The number of halogens is 1. The molecule has 1 heterocycles. The fourth-order valence-corrected chi connectivity index (χ4v) is 2.72. The molecule has 2 unspecified atom stereocenters. The second-order valence-electron chi connectivity index (χ2n) is 4.92. The average molecular weight is 238 g/mol. The zero-order chi connectivity index (χ0) is 12.6.